The van der Waals surface area contributed by atoms with Crippen molar-refractivity contribution >= 4 is 37.7 Å². The maximum absolute atomic E-state index is 12.9. The lowest BCUT2D eigenvalue weighted by atomic mass is 10.3. The number of carbonyl (C=O) groups excluding carboxylic acids is 1. The summed E-state index contributed by atoms with van der Waals surface area (Å²) in [6.45, 7) is 1.47. The van der Waals surface area contributed by atoms with Gasteiger partial charge in [0.1, 0.15) is 11.6 Å². The average Bonchev–Trinajstić information content (AvgIpc) is 2.21. The quantitative estimate of drug-likeness (QED) is 0.853. The molecule has 8 heteroatoms. The van der Waals surface area contributed by atoms with Crippen molar-refractivity contribution in [1.82, 2.24) is 5.32 Å². The fourth-order valence-corrected chi connectivity index (χ4v) is 1.82. The van der Waals surface area contributed by atoms with Crippen LogP contribution < -0.4 is 10.1 Å². The summed E-state index contributed by atoms with van der Waals surface area (Å²) < 4.78 is 38.6. The van der Waals surface area contributed by atoms with Crippen LogP contribution in [0.3, 0.4) is 0 Å². The molecule has 18 heavy (non-hydrogen) atoms. The van der Waals surface area contributed by atoms with Gasteiger partial charge in [-0.3, -0.25) is 0 Å². The van der Waals surface area contributed by atoms with Gasteiger partial charge in [-0.05, 0) is 41.1 Å². The molecule has 0 aliphatic heterocycles. The van der Waals surface area contributed by atoms with Gasteiger partial charge >= 0.3 is 6.09 Å². The molecule has 1 unspecified atom stereocenters. The van der Waals surface area contributed by atoms with E-state index in [0.717, 1.165) is 11.4 Å². The van der Waals surface area contributed by atoms with Crippen molar-refractivity contribution in [3.05, 3.63) is 28.5 Å². The summed E-state index contributed by atoms with van der Waals surface area (Å²) in [5.74, 6) is -0.345. The lowest BCUT2D eigenvalue weighted by molar-refractivity contribution is 0.199. The normalized spacial score (nSPS) is 11.5. The van der Waals surface area contributed by atoms with Crippen LogP contribution in [0.15, 0.2) is 22.7 Å². The van der Waals surface area contributed by atoms with E-state index in [1.54, 1.807) is 0 Å². The molecule has 0 fully saturated rings. The second-order valence-electron chi connectivity index (χ2n) is 3.30. The van der Waals surface area contributed by atoms with Crippen LogP contribution in [0.1, 0.15) is 6.92 Å². The number of carbonyl (C=O) groups is 1. The summed E-state index contributed by atoms with van der Waals surface area (Å²) >= 11 is 2.95. The van der Waals surface area contributed by atoms with E-state index in [1.165, 1.54) is 19.1 Å². The van der Waals surface area contributed by atoms with Crippen LogP contribution in [0, 0.1) is 5.82 Å². The lowest BCUT2D eigenvalue weighted by Gasteiger charge is -2.09. The highest BCUT2D eigenvalue weighted by atomic mass is 79.9. The van der Waals surface area contributed by atoms with E-state index in [0.29, 0.717) is 0 Å². The number of hydrogen-bond acceptors (Lipinski definition) is 4. The van der Waals surface area contributed by atoms with Gasteiger partial charge in [-0.1, -0.05) is 0 Å². The van der Waals surface area contributed by atoms with Crippen molar-refractivity contribution in [2.75, 3.05) is 0 Å². The number of benzene rings is 1. The molecule has 1 aromatic carbocycles. The Kier molecular flexibility index (Phi) is 5.29. The predicted octanol–water partition coefficient (Wildman–Crippen LogP) is 1.75. The van der Waals surface area contributed by atoms with E-state index in [-0.39, 0.29) is 10.2 Å². The van der Waals surface area contributed by atoms with E-state index in [2.05, 4.69) is 21.2 Å². The van der Waals surface area contributed by atoms with Crippen LogP contribution in [0.5, 0.6) is 5.75 Å². The van der Waals surface area contributed by atoms with E-state index in [1.807, 2.05) is 0 Å². The standard InChI is InChI=1S/C10H9BrFNO4S/c1-6(5-18(15)16)13-10(14)17-7-2-3-9(12)8(11)4-7/h2-6H,1H3,(H,13,14). The first-order chi connectivity index (χ1) is 8.38. The third-order valence-electron chi connectivity index (χ3n) is 1.76. The predicted molar refractivity (Wildman–Crippen MR) is 67.7 cm³/mol. The van der Waals surface area contributed by atoms with Crippen molar-refractivity contribution in [1.29, 1.82) is 0 Å². The smallest absolute Gasteiger partial charge is 0.410 e. The molecule has 1 atom stereocenters. The van der Waals surface area contributed by atoms with Gasteiger partial charge in [-0.15, -0.1) is 0 Å². The monoisotopic (exact) mass is 337 g/mol. The van der Waals surface area contributed by atoms with Gasteiger partial charge in [0.2, 0.25) is 10.3 Å². The van der Waals surface area contributed by atoms with Crippen molar-refractivity contribution in [2.45, 2.75) is 13.0 Å². The third-order valence-corrected chi connectivity index (χ3v) is 3.00. The highest BCUT2D eigenvalue weighted by molar-refractivity contribution is 9.10. The maximum atomic E-state index is 12.9. The minimum absolute atomic E-state index is 0.135. The molecule has 1 N–H and O–H groups in total. The molecule has 0 heterocycles. The summed E-state index contributed by atoms with van der Waals surface area (Å²) in [5.41, 5.74) is 0. The van der Waals surface area contributed by atoms with Gasteiger partial charge in [0, 0.05) is 0 Å². The van der Waals surface area contributed by atoms with Crippen LogP contribution in [0.2, 0.25) is 0 Å². The number of ether oxygens (including phenoxy) is 1. The Morgan fingerprint density at radius 3 is 2.78 bits per heavy atom. The molecule has 0 aromatic heterocycles. The molecule has 1 rings (SSSR count). The Morgan fingerprint density at radius 1 is 1.56 bits per heavy atom. The molecule has 98 valence electrons. The van der Waals surface area contributed by atoms with Crippen LogP contribution in [0.25, 0.3) is 0 Å². The first-order valence-corrected chi connectivity index (χ1v) is 6.68. The minimum Gasteiger partial charge on any atom is -0.410 e. The Labute approximate surface area is 113 Å². The number of halogens is 2. The average molecular weight is 338 g/mol. The van der Waals surface area contributed by atoms with Crippen LogP contribution in [-0.4, -0.2) is 25.9 Å². The molecule has 1 amide bonds. The first kappa shape index (κ1) is 14.7. The summed E-state index contributed by atoms with van der Waals surface area (Å²) in [4.78, 5) is 11.3. The van der Waals surface area contributed by atoms with Gasteiger partial charge in [0.15, 0.2) is 0 Å². The Balaban J connectivity index is 2.65. The molecule has 0 saturated carbocycles. The van der Waals surface area contributed by atoms with Gasteiger partial charge < -0.3 is 10.1 Å². The first-order valence-electron chi connectivity index (χ1n) is 4.75. The fraction of sp³-hybridized carbons (Fsp3) is 0.200. The van der Waals surface area contributed by atoms with Crippen molar-refractivity contribution in [3.8, 4) is 5.75 Å². The SMILES string of the molecule is CC(C=S(=O)=O)NC(=O)Oc1ccc(F)c(Br)c1. The van der Waals surface area contributed by atoms with Crippen molar-refractivity contribution in [3.63, 3.8) is 0 Å². The zero-order valence-electron chi connectivity index (χ0n) is 9.18. The van der Waals surface area contributed by atoms with Crippen LogP contribution in [0.4, 0.5) is 9.18 Å². The summed E-state index contributed by atoms with van der Waals surface area (Å²) in [6, 6.07) is 3.00. The van der Waals surface area contributed by atoms with Crippen LogP contribution >= 0.6 is 15.9 Å². The summed E-state index contributed by atoms with van der Waals surface area (Å²) in [5, 5.41) is 3.18. The van der Waals surface area contributed by atoms with Crippen LogP contribution in [-0.2, 0) is 10.3 Å². The Bertz CT molecular complexity index is 580. The molecular weight excluding hydrogens is 329 g/mol. The fourth-order valence-electron chi connectivity index (χ4n) is 1.06. The molecule has 0 aliphatic carbocycles. The molecule has 0 radical (unpaired) electrons. The molecule has 1 aromatic rings. The number of nitrogens with one attached hydrogen (secondary N) is 1. The van der Waals surface area contributed by atoms with E-state index in [4.69, 9.17) is 4.74 Å². The van der Waals surface area contributed by atoms with Gasteiger partial charge in [-0.25, -0.2) is 9.18 Å². The summed E-state index contributed by atoms with van der Waals surface area (Å²) in [6.07, 6.45) is -0.831. The number of amides is 1. The van der Waals surface area contributed by atoms with E-state index in [9.17, 15) is 17.6 Å². The molecule has 0 spiro atoms. The zero-order valence-corrected chi connectivity index (χ0v) is 11.6. The molecule has 0 saturated heterocycles. The second-order valence-corrected chi connectivity index (χ2v) is 4.94. The minimum atomic E-state index is -2.37. The van der Waals surface area contributed by atoms with Crippen molar-refractivity contribution in [2.24, 2.45) is 0 Å². The van der Waals surface area contributed by atoms with Gasteiger partial charge in [-0.2, -0.15) is 8.42 Å². The number of hydrogen-bond donors (Lipinski definition) is 1. The largest absolute Gasteiger partial charge is 0.413 e. The molecule has 0 aliphatic rings. The molecule has 0 bridgehead atoms. The Morgan fingerprint density at radius 2 is 2.22 bits per heavy atom. The zero-order chi connectivity index (χ0) is 13.7. The van der Waals surface area contributed by atoms with Gasteiger partial charge in [0.05, 0.1) is 15.9 Å². The highest BCUT2D eigenvalue weighted by Gasteiger charge is 2.09. The second kappa shape index (κ2) is 6.50. The van der Waals surface area contributed by atoms with E-state index < -0.39 is 28.2 Å². The number of rotatable bonds is 3. The lowest BCUT2D eigenvalue weighted by Crippen LogP contribution is -2.35. The highest BCUT2D eigenvalue weighted by Crippen LogP contribution is 2.21. The maximum Gasteiger partial charge on any atom is 0.413 e. The third kappa shape index (κ3) is 4.84. The van der Waals surface area contributed by atoms with Gasteiger partial charge in [0.25, 0.3) is 0 Å². The molecular formula is C10H9BrFNO4S. The molecule has 5 nitrogen and oxygen atoms in total. The Hall–Kier alpha value is -1.41. The van der Waals surface area contributed by atoms with E-state index >= 15 is 0 Å². The topological polar surface area (TPSA) is 72.5 Å². The summed E-state index contributed by atoms with van der Waals surface area (Å²) in [7, 11) is -2.37. The van der Waals surface area contributed by atoms with Crippen molar-refractivity contribution < 1.29 is 22.3 Å².